The van der Waals surface area contributed by atoms with Gasteiger partial charge in [-0.25, -0.2) is 8.42 Å². The van der Waals surface area contributed by atoms with Gasteiger partial charge in [-0.2, -0.15) is 21.6 Å². The molecule has 0 aromatic heterocycles. The van der Waals surface area contributed by atoms with E-state index in [1.807, 2.05) is 4.72 Å². The van der Waals surface area contributed by atoms with Gasteiger partial charge >= 0.3 is 16.4 Å². The molecule has 0 bridgehead atoms. The van der Waals surface area contributed by atoms with Crippen LogP contribution >= 0.6 is 0 Å². The molecule has 0 aliphatic heterocycles. The summed E-state index contributed by atoms with van der Waals surface area (Å²) in [6, 6.07) is 8.68. The Labute approximate surface area is 146 Å². The summed E-state index contributed by atoms with van der Waals surface area (Å²) in [5, 5.41) is 0. The van der Waals surface area contributed by atoms with Crippen molar-refractivity contribution in [2.45, 2.75) is 16.0 Å². The average molecular weight is 413 g/mol. The van der Waals surface area contributed by atoms with Crippen molar-refractivity contribution in [3.8, 4) is 5.75 Å². The van der Waals surface area contributed by atoms with E-state index in [4.69, 9.17) is 0 Å². The Morgan fingerprint density at radius 1 is 0.885 bits per heavy atom. The van der Waals surface area contributed by atoms with Gasteiger partial charge in [0.2, 0.25) is 0 Å². The highest BCUT2D eigenvalue weighted by molar-refractivity contribution is 7.94. The smallest absolute Gasteiger partial charge is 0.422 e. The summed E-state index contributed by atoms with van der Waals surface area (Å²) in [4.78, 5) is -1.99. The summed E-state index contributed by atoms with van der Waals surface area (Å²) < 4.78 is 104. The molecule has 1 N–H and O–H groups in total. The van der Waals surface area contributed by atoms with Crippen LogP contribution in [0.2, 0.25) is 0 Å². The molecule has 6 nitrogen and oxygen atoms in total. The number of hydrogen-bond acceptors (Lipinski definition) is 5. The van der Waals surface area contributed by atoms with Crippen molar-refractivity contribution in [2.24, 2.45) is 0 Å². The third-order valence-corrected chi connectivity index (χ3v) is 5.36. The van der Waals surface area contributed by atoms with Crippen LogP contribution in [-0.2, 0) is 20.2 Å². The van der Waals surface area contributed by atoms with E-state index in [-0.39, 0.29) is 5.69 Å². The lowest BCUT2D eigenvalue weighted by molar-refractivity contribution is -0.153. The van der Waals surface area contributed by atoms with Gasteiger partial charge < -0.3 is 4.74 Å². The molecule has 0 aliphatic rings. The van der Waals surface area contributed by atoms with Crippen molar-refractivity contribution in [1.82, 2.24) is 0 Å². The van der Waals surface area contributed by atoms with Crippen LogP contribution < -0.4 is 9.46 Å². The van der Waals surface area contributed by atoms with Gasteiger partial charge in [-0.05, 0) is 24.3 Å². The van der Waals surface area contributed by atoms with Gasteiger partial charge in [0.1, 0.15) is 15.5 Å². The lowest BCUT2D eigenvalue weighted by Gasteiger charge is -2.15. The quantitative estimate of drug-likeness (QED) is 0.581. The Hall–Kier alpha value is -2.34. The molecule has 0 fully saturated rings. The van der Waals surface area contributed by atoms with Crippen molar-refractivity contribution >= 4 is 25.9 Å². The van der Waals surface area contributed by atoms with Crippen molar-refractivity contribution in [1.29, 1.82) is 0 Å². The summed E-state index contributed by atoms with van der Waals surface area (Å²) in [7, 11) is -9.98. The molecule has 0 spiro atoms. The largest absolute Gasteiger partial charge is 0.482 e. The number of nitrogens with one attached hydrogen (secondary N) is 1. The summed E-state index contributed by atoms with van der Waals surface area (Å²) in [6.45, 7) is -1.67. The van der Waals surface area contributed by atoms with Gasteiger partial charge in [-0.1, -0.05) is 24.3 Å². The summed E-state index contributed by atoms with van der Waals surface area (Å²) >= 11 is 0. The van der Waals surface area contributed by atoms with Crippen molar-refractivity contribution in [3.63, 3.8) is 0 Å². The minimum atomic E-state index is -5.35. The molecule has 0 aliphatic carbocycles. The number of sulfonamides is 1. The van der Waals surface area contributed by atoms with E-state index in [1.165, 1.54) is 12.1 Å². The van der Waals surface area contributed by atoms with Crippen LogP contribution in [0.15, 0.2) is 58.3 Å². The molecule has 2 aromatic carbocycles. The van der Waals surface area contributed by atoms with Crippen molar-refractivity contribution in [3.05, 3.63) is 48.5 Å². The zero-order chi connectivity index (χ0) is 19.6. The summed E-state index contributed by atoms with van der Waals surface area (Å²) in [6.07, 6.45) is -4.65. The van der Waals surface area contributed by atoms with Crippen molar-refractivity contribution in [2.75, 3.05) is 11.3 Å². The molecule has 0 atom stereocenters. The molecule has 12 heteroatoms. The van der Waals surface area contributed by atoms with Crippen LogP contribution in [0.4, 0.5) is 22.7 Å². The first-order valence-electron chi connectivity index (χ1n) is 6.75. The third kappa shape index (κ3) is 5.08. The lowest BCUT2D eigenvalue weighted by atomic mass is 10.3. The predicted molar refractivity (Wildman–Crippen MR) is 83.5 cm³/mol. The number of anilines is 1. The lowest BCUT2D eigenvalue weighted by Crippen LogP contribution is -2.21. The molecule has 0 amide bonds. The molecular weight excluding hydrogens is 402 g/mol. The van der Waals surface area contributed by atoms with Gasteiger partial charge in [0.05, 0.1) is 5.69 Å². The minimum Gasteiger partial charge on any atom is -0.482 e. The molecular formula is C14H11F4NO5S2. The molecule has 2 aromatic rings. The zero-order valence-electron chi connectivity index (χ0n) is 12.7. The highest BCUT2D eigenvalue weighted by Crippen LogP contribution is 2.30. The number of alkyl halides is 3. The second kappa shape index (κ2) is 7.11. The van der Waals surface area contributed by atoms with Crippen LogP contribution in [0.25, 0.3) is 0 Å². The normalized spacial score (nSPS) is 12.6. The molecule has 0 radical (unpaired) electrons. The number of para-hydroxylation sites is 2. The number of benzene rings is 2. The maximum atomic E-state index is 13.3. The second-order valence-corrected chi connectivity index (χ2v) is 7.86. The van der Waals surface area contributed by atoms with Gasteiger partial charge in [-0.3, -0.25) is 4.72 Å². The SMILES string of the molecule is O=S(=O)(F)c1ccccc1S(=O)(=O)Nc1ccccc1OCC(F)(F)F. The predicted octanol–water partition coefficient (Wildman–Crippen LogP) is 3.09. The van der Waals surface area contributed by atoms with E-state index < -0.39 is 48.6 Å². The fourth-order valence-corrected chi connectivity index (χ4v) is 4.25. The van der Waals surface area contributed by atoms with Gasteiger partial charge in [0.25, 0.3) is 10.0 Å². The maximum Gasteiger partial charge on any atom is 0.422 e. The van der Waals surface area contributed by atoms with Crippen molar-refractivity contribution < 1.29 is 38.6 Å². The Bertz CT molecular complexity index is 1000. The van der Waals surface area contributed by atoms with E-state index >= 15 is 0 Å². The molecule has 2 rings (SSSR count). The fourth-order valence-electron chi connectivity index (χ4n) is 1.91. The van der Waals surface area contributed by atoms with Gasteiger partial charge in [0, 0.05) is 0 Å². The summed E-state index contributed by atoms with van der Waals surface area (Å²) in [5.74, 6) is -0.436. The van der Waals surface area contributed by atoms with E-state index in [1.54, 1.807) is 0 Å². The highest BCUT2D eigenvalue weighted by Gasteiger charge is 2.30. The van der Waals surface area contributed by atoms with E-state index in [0.29, 0.717) is 0 Å². The highest BCUT2D eigenvalue weighted by atomic mass is 32.3. The average Bonchev–Trinajstić information content (AvgIpc) is 2.52. The monoisotopic (exact) mass is 413 g/mol. The summed E-state index contributed by atoms with van der Waals surface area (Å²) in [5.41, 5.74) is -0.372. The first kappa shape index (κ1) is 20.0. The fraction of sp³-hybridized carbons (Fsp3) is 0.143. The van der Waals surface area contributed by atoms with E-state index in [9.17, 15) is 33.9 Å². The molecule has 0 heterocycles. The third-order valence-electron chi connectivity index (χ3n) is 2.92. The first-order valence-corrected chi connectivity index (χ1v) is 9.62. The Morgan fingerprint density at radius 2 is 1.42 bits per heavy atom. The van der Waals surface area contributed by atoms with Crippen LogP contribution in [-0.4, -0.2) is 29.6 Å². The first-order chi connectivity index (χ1) is 11.9. The standard InChI is InChI=1S/C14H11F4NO5S2/c15-14(16,17)9-24-11-6-2-1-5-10(11)19-26(22,23)13-8-4-3-7-12(13)25(18,20)21/h1-8,19H,9H2. The van der Waals surface area contributed by atoms with Gasteiger partial charge in [-0.15, -0.1) is 3.89 Å². The molecule has 0 unspecified atom stereocenters. The number of halogens is 4. The number of rotatable bonds is 6. The number of hydrogen-bond donors (Lipinski definition) is 1. The second-order valence-electron chi connectivity index (χ2n) is 4.89. The van der Waals surface area contributed by atoms with E-state index in [0.717, 1.165) is 36.4 Å². The van der Waals surface area contributed by atoms with Gasteiger partial charge in [0.15, 0.2) is 6.61 Å². The minimum absolute atomic E-state index is 0.372. The van der Waals surface area contributed by atoms with Crippen LogP contribution in [0.1, 0.15) is 0 Å². The van der Waals surface area contributed by atoms with Crippen LogP contribution in [0.3, 0.4) is 0 Å². The Morgan fingerprint density at radius 3 is 2.00 bits per heavy atom. The number of ether oxygens (including phenoxy) is 1. The van der Waals surface area contributed by atoms with Crippen LogP contribution in [0.5, 0.6) is 5.75 Å². The Kier molecular flexibility index (Phi) is 5.47. The maximum absolute atomic E-state index is 13.3. The molecule has 0 saturated heterocycles. The molecule has 26 heavy (non-hydrogen) atoms. The molecule has 0 saturated carbocycles. The zero-order valence-corrected chi connectivity index (χ0v) is 14.3. The Balaban J connectivity index is 2.41. The van der Waals surface area contributed by atoms with Crippen LogP contribution in [0, 0.1) is 0 Å². The van der Waals surface area contributed by atoms with E-state index in [2.05, 4.69) is 4.74 Å². The molecule has 142 valence electrons. The topological polar surface area (TPSA) is 89.5 Å².